The zero-order valence-electron chi connectivity index (χ0n) is 11.1. The molecule has 2 atom stereocenters. The van der Waals surface area contributed by atoms with Crippen molar-refractivity contribution >= 4 is 11.9 Å². The molecule has 0 bridgehead atoms. The fourth-order valence-corrected chi connectivity index (χ4v) is 2.82. The molecule has 4 nitrogen and oxygen atoms in total. The van der Waals surface area contributed by atoms with Crippen molar-refractivity contribution in [2.75, 3.05) is 14.2 Å². The summed E-state index contributed by atoms with van der Waals surface area (Å²) in [5.74, 6) is -0.405. The van der Waals surface area contributed by atoms with Crippen LogP contribution in [0.25, 0.3) is 0 Å². The minimum Gasteiger partial charge on any atom is -0.469 e. The molecule has 1 aliphatic carbocycles. The number of carbonyl (C=O) groups is 2. The highest BCUT2D eigenvalue weighted by molar-refractivity contribution is 5.79. The molecule has 0 saturated heterocycles. The van der Waals surface area contributed by atoms with E-state index in [1.165, 1.54) is 14.2 Å². The molecule has 0 spiro atoms. The Labute approximate surface area is 103 Å². The summed E-state index contributed by atoms with van der Waals surface area (Å²) in [5, 5.41) is 0. The van der Waals surface area contributed by atoms with E-state index >= 15 is 0 Å². The van der Waals surface area contributed by atoms with Crippen LogP contribution in [0, 0.1) is 17.3 Å². The molecule has 98 valence electrons. The van der Waals surface area contributed by atoms with E-state index < -0.39 is 5.41 Å². The Hall–Kier alpha value is -1.06. The molecular weight excluding hydrogens is 220 g/mol. The lowest BCUT2D eigenvalue weighted by atomic mass is 9.63. The lowest BCUT2D eigenvalue weighted by molar-refractivity contribution is -0.163. The quantitative estimate of drug-likeness (QED) is 0.712. The highest BCUT2D eigenvalue weighted by Gasteiger charge is 2.47. The lowest BCUT2D eigenvalue weighted by Crippen LogP contribution is -2.43. The molecule has 0 unspecified atom stereocenters. The third kappa shape index (κ3) is 2.61. The summed E-state index contributed by atoms with van der Waals surface area (Å²) in [5.41, 5.74) is -0.522. The maximum absolute atomic E-state index is 12.0. The second kappa shape index (κ2) is 5.52. The van der Waals surface area contributed by atoms with Crippen LogP contribution in [0.4, 0.5) is 0 Å². The standard InChI is InChI=1S/C13H22O4/c1-9(2)13(12(15)17-4)7-5-6-10(8-13)11(14)16-3/h9-10H,5-8H2,1-4H3/t10-,13+/m0/s1. The number of rotatable bonds is 3. The Morgan fingerprint density at radius 3 is 2.35 bits per heavy atom. The summed E-state index contributed by atoms with van der Waals surface area (Å²) in [6, 6.07) is 0. The van der Waals surface area contributed by atoms with Crippen molar-refractivity contribution in [1.29, 1.82) is 0 Å². The Kier molecular flexibility index (Phi) is 4.54. The molecule has 1 rings (SSSR count). The summed E-state index contributed by atoms with van der Waals surface area (Å²) in [7, 11) is 2.81. The molecule has 0 amide bonds. The van der Waals surface area contributed by atoms with Gasteiger partial charge < -0.3 is 9.47 Å². The number of ether oxygens (including phenoxy) is 2. The molecule has 0 aromatic heterocycles. The van der Waals surface area contributed by atoms with Gasteiger partial charge in [0, 0.05) is 0 Å². The Morgan fingerprint density at radius 1 is 1.24 bits per heavy atom. The zero-order chi connectivity index (χ0) is 13.1. The SMILES string of the molecule is COC(=O)[C@H]1CCC[C@](C(=O)OC)(C(C)C)C1. The van der Waals surface area contributed by atoms with Crippen LogP contribution in [0.1, 0.15) is 39.5 Å². The molecule has 0 heterocycles. The van der Waals surface area contributed by atoms with Gasteiger partial charge in [0.2, 0.25) is 0 Å². The van der Waals surface area contributed by atoms with Crippen molar-refractivity contribution in [1.82, 2.24) is 0 Å². The highest BCUT2D eigenvalue weighted by atomic mass is 16.5. The maximum atomic E-state index is 12.0. The monoisotopic (exact) mass is 242 g/mol. The van der Waals surface area contributed by atoms with E-state index in [0.717, 1.165) is 19.3 Å². The van der Waals surface area contributed by atoms with Crippen molar-refractivity contribution in [2.45, 2.75) is 39.5 Å². The zero-order valence-corrected chi connectivity index (χ0v) is 11.1. The number of carbonyl (C=O) groups excluding carboxylic acids is 2. The van der Waals surface area contributed by atoms with Crippen molar-refractivity contribution < 1.29 is 19.1 Å². The van der Waals surface area contributed by atoms with Gasteiger partial charge in [0.1, 0.15) is 0 Å². The average Bonchev–Trinajstić information content (AvgIpc) is 2.36. The Morgan fingerprint density at radius 2 is 1.88 bits per heavy atom. The van der Waals surface area contributed by atoms with E-state index in [2.05, 4.69) is 0 Å². The van der Waals surface area contributed by atoms with Crippen molar-refractivity contribution in [2.24, 2.45) is 17.3 Å². The van der Waals surface area contributed by atoms with Crippen LogP contribution in [0.15, 0.2) is 0 Å². The van der Waals surface area contributed by atoms with Crippen LogP contribution < -0.4 is 0 Å². The van der Waals surface area contributed by atoms with Gasteiger partial charge in [-0.15, -0.1) is 0 Å². The van der Waals surface area contributed by atoms with Crippen LogP contribution in [0.3, 0.4) is 0 Å². The van der Waals surface area contributed by atoms with E-state index in [1.807, 2.05) is 13.8 Å². The Bertz CT molecular complexity index is 298. The van der Waals surface area contributed by atoms with E-state index in [0.29, 0.717) is 6.42 Å². The van der Waals surface area contributed by atoms with Gasteiger partial charge in [-0.25, -0.2) is 0 Å². The highest BCUT2D eigenvalue weighted by Crippen LogP contribution is 2.46. The van der Waals surface area contributed by atoms with Crippen molar-refractivity contribution in [3.63, 3.8) is 0 Å². The van der Waals surface area contributed by atoms with Gasteiger partial charge in [0.15, 0.2) is 0 Å². The van der Waals surface area contributed by atoms with Gasteiger partial charge in [-0.2, -0.15) is 0 Å². The van der Waals surface area contributed by atoms with E-state index in [-0.39, 0.29) is 23.8 Å². The van der Waals surface area contributed by atoms with E-state index in [4.69, 9.17) is 9.47 Å². The number of methoxy groups -OCH3 is 2. The molecule has 17 heavy (non-hydrogen) atoms. The third-order valence-corrected chi connectivity index (χ3v) is 4.02. The Balaban J connectivity index is 2.91. The molecular formula is C13H22O4. The number of hydrogen-bond donors (Lipinski definition) is 0. The normalized spacial score (nSPS) is 28.9. The number of hydrogen-bond acceptors (Lipinski definition) is 4. The summed E-state index contributed by atoms with van der Waals surface area (Å²) in [6.07, 6.45) is 3.01. The third-order valence-electron chi connectivity index (χ3n) is 4.02. The minimum atomic E-state index is -0.522. The molecule has 1 fully saturated rings. The smallest absolute Gasteiger partial charge is 0.312 e. The first-order chi connectivity index (χ1) is 7.97. The van der Waals surface area contributed by atoms with Gasteiger partial charge in [-0.1, -0.05) is 20.3 Å². The van der Waals surface area contributed by atoms with E-state index in [9.17, 15) is 9.59 Å². The lowest BCUT2D eigenvalue weighted by Gasteiger charge is -2.40. The van der Waals surface area contributed by atoms with Crippen LogP contribution in [-0.2, 0) is 19.1 Å². The molecule has 0 aromatic carbocycles. The van der Waals surface area contributed by atoms with Crippen LogP contribution in [0.5, 0.6) is 0 Å². The van der Waals surface area contributed by atoms with Crippen LogP contribution in [0.2, 0.25) is 0 Å². The first kappa shape index (κ1) is 14.0. The topological polar surface area (TPSA) is 52.6 Å². The predicted molar refractivity (Wildman–Crippen MR) is 63.3 cm³/mol. The molecule has 0 radical (unpaired) electrons. The summed E-state index contributed by atoms with van der Waals surface area (Å²) >= 11 is 0. The fraction of sp³-hybridized carbons (Fsp3) is 0.846. The molecule has 1 aliphatic rings. The van der Waals surface area contributed by atoms with Gasteiger partial charge in [0.25, 0.3) is 0 Å². The predicted octanol–water partition coefficient (Wildman–Crippen LogP) is 2.17. The van der Waals surface area contributed by atoms with Crippen molar-refractivity contribution in [3.8, 4) is 0 Å². The maximum Gasteiger partial charge on any atom is 0.312 e. The molecule has 0 aliphatic heterocycles. The van der Waals surface area contributed by atoms with Crippen LogP contribution in [-0.4, -0.2) is 26.2 Å². The van der Waals surface area contributed by atoms with E-state index in [1.54, 1.807) is 0 Å². The van der Waals surface area contributed by atoms with Gasteiger partial charge in [-0.05, 0) is 25.2 Å². The molecule has 1 saturated carbocycles. The number of esters is 2. The average molecular weight is 242 g/mol. The van der Waals surface area contributed by atoms with Gasteiger partial charge >= 0.3 is 11.9 Å². The van der Waals surface area contributed by atoms with Crippen LogP contribution >= 0.6 is 0 Å². The summed E-state index contributed by atoms with van der Waals surface area (Å²) in [4.78, 5) is 23.6. The second-order valence-electron chi connectivity index (χ2n) is 5.12. The molecule has 0 N–H and O–H groups in total. The molecule has 0 aromatic rings. The van der Waals surface area contributed by atoms with Gasteiger partial charge in [0.05, 0.1) is 25.6 Å². The largest absolute Gasteiger partial charge is 0.469 e. The van der Waals surface area contributed by atoms with Crippen molar-refractivity contribution in [3.05, 3.63) is 0 Å². The minimum absolute atomic E-state index is 0.169. The fourth-order valence-electron chi connectivity index (χ4n) is 2.82. The summed E-state index contributed by atoms with van der Waals surface area (Å²) < 4.78 is 9.71. The first-order valence-corrected chi connectivity index (χ1v) is 6.14. The van der Waals surface area contributed by atoms with Gasteiger partial charge in [-0.3, -0.25) is 9.59 Å². The summed E-state index contributed by atoms with van der Waals surface area (Å²) in [6.45, 7) is 4.02. The molecule has 4 heteroatoms. The first-order valence-electron chi connectivity index (χ1n) is 6.14. The second-order valence-corrected chi connectivity index (χ2v) is 5.12.